The first kappa shape index (κ1) is 15.2. The van der Waals surface area contributed by atoms with Crippen LogP contribution in [0.15, 0.2) is 54.0 Å². The van der Waals surface area contributed by atoms with E-state index in [1.807, 2.05) is 47.4 Å². The van der Waals surface area contributed by atoms with E-state index in [-0.39, 0.29) is 11.5 Å². The van der Waals surface area contributed by atoms with Crippen molar-refractivity contribution in [3.63, 3.8) is 0 Å². The third-order valence-electron chi connectivity index (χ3n) is 3.33. The van der Waals surface area contributed by atoms with Crippen LogP contribution in [0.1, 0.15) is 5.56 Å². The minimum atomic E-state index is -0.359. The Bertz CT molecular complexity index is 889. The van der Waals surface area contributed by atoms with Crippen LogP contribution in [0.4, 0.5) is 0 Å². The number of hydrogen-bond donors (Lipinski definition) is 0. The summed E-state index contributed by atoms with van der Waals surface area (Å²) in [6.07, 6.45) is 8.94. The molecule has 3 aromatic rings. The lowest BCUT2D eigenvalue weighted by atomic mass is 10.1. The Labute approximate surface area is 137 Å². The number of aromatic nitrogens is 3. The van der Waals surface area contributed by atoms with Gasteiger partial charge in [-0.05, 0) is 36.1 Å². The molecule has 0 aliphatic rings. The molecule has 0 unspecified atom stereocenters. The number of nitro groups is 1. The molecular weight excluding hydrogens is 312 g/mol. The fraction of sp³-hybridized carbons (Fsp3) is 0.125. The van der Waals surface area contributed by atoms with Crippen LogP contribution in [0.3, 0.4) is 0 Å². The summed E-state index contributed by atoms with van der Waals surface area (Å²) < 4.78 is 1.99. The van der Waals surface area contributed by atoms with Crippen molar-refractivity contribution >= 4 is 28.7 Å². The quantitative estimate of drug-likeness (QED) is 0.311. The predicted octanol–water partition coefficient (Wildman–Crippen LogP) is 3.43. The summed E-state index contributed by atoms with van der Waals surface area (Å²) in [5, 5.41) is 12.2. The molecule has 0 atom stereocenters. The van der Waals surface area contributed by atoms with Crippen molar-refractivity contribution < 1.29 is 4.92 Å². The summed E-state index contributed by atoms with van der Waals surface area (Å²) in [6.45, 7) is -0.179. The highest BCUT2D eigenvalue weighted by Crippen LogP contribution is 2.22. The van der Waals surface area contributed by atoms with Gasteiger partial charge >= 0.3 is 0 Å². The van der Waals surface area contributed by atoms with Crippen LogP contribution in [0, 0.1) is 10.1 Å². The number of fused-ring (bicyclic) bond motifs is 1. The molecule has 116 valence electrons. The zero-order valence-electron chi connectivity index (χ0n) is 12.4. The van der Waals surface area contributed by atoms with Gasteiger partial charge in [0.25, 0.3) is 0 Å². The second-order valence-corrected chi connectivity index (χ2v) is 5.60. The van der Waals surface area contributed by atoms with Gasteiger partial charge in [-0.15, -0.1) is 0 Å². The van der Waals surface area contributed by atoms with Gasteiger partial charge in [-0.25, -0.2) is 9.97 Å². The van der Waals surface area contributed by atoms with Crippen molar-refractivity contribution in [2.24, 2.45) is 0 Å². The van der Waals surface area contributed by atoms with Gasteiger partial charge in [0.15, 0.2) is 5.16 Å². The van der Waals surface area contributed by atoms with Crippen molar-refractivity contribution in [3.05, 3.63) is 64.5 Å². The maximum atomic E-state index is 10.4. The average molecular weight is 326 g/mol. The highest BCUT2D eigenvalue weighted by Gasteiger charge is 2.06. The molecule has 0 spiro atoms. The molecule has 2 aromatic heterocycles. The maximum absolute atomic E-state index is 10.4. The van der Waals surface area contributed by atoms with E-state index < -0.39 is 0 Å². The molecule has 0 aliphatic carbocycles. The molecule has 7 heteroatoms. The zero-order valence-corrected chi connectivity index (χ0v) is 13.2. The Hall–Kier alpha value is -2.67. The van der Waals surface area contributed by atoms with Crippen molar-refractivity contribution in [3.8, 4) is 5.82 Å². The molecule has 0 amide bonds. The first-order valence-electron chi connectivity index (χ1n) is 6.94. The van der Waals surface area contributed by atoms with E-state index in [4.69, 9.17) is 0 Å². The highest BCUT2D eigenvalue weighted by atomic mass is 32.2. The van der Waals surface area contributed by atoms with E-state index in [1.165, 1.54) is 11.8 Å². The first-order chi connectivity index (χ1) is 11.2. The van der Waals surface area contributed by atoms with Crippen molar-refractivity contribution in [1.82, 2.24) is 14.5 Å². The molecule has 0 N–H and O–H groups in total. The molecule has 0 saturated heterocycles. The first-order valence-corrected chi connectivity index (χ1v) is 8.17. The van der Waals surface area contributed by atoms with E-state index >= 15 is 0 Å². The molecule has 2 heterocycles. The molecule has 3 rings (SSSR count). The third kappa shape index (κ3) is 3.40. The van der Waals surface area contributed by atoms with Gasteiger partial charge in [0.2, 0.25) is 6.54 Å². The van der Waals surface area contributed by atoms with Gasteiger partial charge < -0.3 is 4.57 Å². The molecule has 0 fully saturated rings. The number of rotatable bonds is 5. The lowest BCUT2D eigenvalue weighted by Gasteiger charge is -2.06. The van der Waals surface area contributed by atoms with Crippen LogP contribution in [-0.4, -0.2) is 32.3 Å². The lowest BCUT2D eigenvalue weighted by Crippen LogP contribution is -1.98. The fourth-order valence-corrected chi connectivity index (χ4v) is 2.64. The molecule has 1 aromatic carbocycles. The molecule has 23 heavy (non-hydrogen) atoms. The van der Waals surface area contributed by atoms with E-state index in [2.05, 4.69) is 9.97 Å². The molecule has 0 saturated carbocycles. The van der Waals surface area contributed by atoms with E-state index in [0.29, 0.717) is 5.16 Å². The summed E-state index contributed by atoms with van der Waals surface area (Å²) in [7, 11) is 0. The Kier molecular flexibility index (Phi) is 4.38. The Morgan fingerprint density at radius 2 is 2.22 bits per heavy atom. The van der Waals surface area contributed by atoms with Crippen molar-refractivity contribution in [2.75, 3.05) is 12.8 Å². The second-order valence-electron chi connectivity index (χ2n) is 4.82. The van der Waals surface area contributed by atoms with Gasteiger partial charge in [0, 0.05) is 22.7 Å². The minimum Gasteiger partial charge on any atom is -0.301 e. The van der Waals surface area contributed by atoms with Crippen LogP contribution in [-0.2, 0) is 0 Å². The maximum Gasteiger partial charge on any atom is 0.222 e. The van der Waals surface area contributed by atoms with Crippen molar-refractivity contribution in [1.29, 1.82) is 0 Å². The van der Waals surface area contributed by atoms with E-state index in [0.717, 1.165) is 22.3 Å². The topological polar surface area (TPSA) is 73.8 Å². The lowest BCUT2D eigenvalue weighted by molar-refractivity contribution is -0.468. The van der Waals surface area contributed by atoms with Gasteiger partial charge in [0.05, 0.1) is 5.52 Å². The Balaban J connectivity index is 2.01. The molecule has 6 nitrogen and oxygen atoms in total. The van der Waals surface area contributed by atoms with E-state index in [1.54, 1.807) is 18.3 Å². The number of benzene rings is 1. The molecule has 0 radical (unpaired) electrons. The smallest absolute Gasteiger partial charge is 0.222 e. The number of hydrogen-bond acceptors (Lipinski definition) is 5. The predicted molar refractivity (Wildman–Crippen MR) is 91.5 cm³/mol. The van der Waals surface area contributed by atoms with Crippen LogP contribution >= 0.6 is 11.8 Å². The second kappa shape index (κ2) is 6.62. The van der Waals surface area contributed by atoms with Crippen molar-refractivity contribution in [2.45, 2.75) is 5.16 Å². The SMILES string of the molecule is CSc1nccc(-n2ccc3ccc(C=CC[N+](=O)[O-])cc32)n1. The summed E-state index contributed by atoms with van der Waals surface area (Å²) >= 11 is 1.49. The fourth-order valence-electron chi connectivity index (χ4n) is 2.29. The summed E-state index contributed by atoms with van der Waals surface area (Å²) in [5.41, 5.74) is 1.91. The summed E-state index contributed by atoms with van der Waals surface area (Å²) in [5.74, 6) is 0.797. The highest BCUT2D eigenvalue weighted by molar-refractivity contribution is 7.98. The number of thioether (sulfide) groups is 1. The Morgan fingerprint density at radius 3 is 3.00 bits per heavy atom. The summed E-state index contributed by atoms with van der Waals surface area (Å²) in [6, 6.07) is 9.80. The Morgan fingerprint density at radius 1 is 1.35 bits per heavy atom. The number of nitrogens with zero attached hydrogens (tertiary/aromatic N) is 4. The largest absolute Gasteiger partial charge is 0.301 e. The molecular formula is C16H14N4O2S. The van der Waals surface area contributed by atoms with Crippen LogP contribution < -0.4 is 0 Å². The van der Waals surface area contributed by atoms with E-state index in [9.17, 15) is 10.1 Å². The van der Waals surface area contributed by atoms with Crippen LogP contribution in [0.2, 0.25) is 0 Å². The zero-order chi connectivity index (χ0) is 16.2. The normalized spacial score (nSPS) is 11.3. The monoisotopic (exact) mass is 326 g/mol. The standard InChI is InChI=1S/C16H14N4O2S/c1-23-16-17-8-6-15(18-16)19-10-7-13-5-4-12(11-14(13)19)3-2-9-20(21)22/h2-8,10-11H,9H2,1H3. The van der Waals surface area contributed by atoms with Crippen LogP contribution in [0.25, 0.3) is 22.8 Å². The summed E-state index contributed by atoms with van der Waals surface area (Å²) in [4.78, 5) is 18.7. The third-order valence-corrected chi connectivity index (χ3v) is 3.89. The minimum absolute atomic E-state index is 0.179. The van der Waals surface area contributed by atoms with Gasteiger partial charge in [0.1, 0.15) is 5.82 Å². The molecule has 0 aliphatic heterocycles. The van der Waals surface area contributed by atoms with Gasteiger partial charge in [-0.1, -0.05) is 30.0 Å². The van der Waals surface area contributed by atoms with Gasteiger partial charge in [-0.2, -0.15) is 0 Å². The average Bonchev–Trinajstić information content (AvgIpc) is 2.98. The van der Waals surface area contributed by atoms with Crippen LogP contribution in [0.5, 0.6) is 0 Å². The molecule has 0 bridgehead atoms. The van der Waals surface area contributed by atoms with Gasteiger partial charge in [-0.3, -0.25) is 10.1 Å².